The van der Waals surface area contributed by atoms with Gasteiger partial charge in [-0.3, -0.25) is 0 Å². The lowest BCUT2D eigenvalue weighted by Gasteiger charge is -2.10. The number of nitrogens with one attached hydrogen (secondary N) is 2. The topological polar surface area (TPSA) is 75.6 Å². The fourth-order valence-corrected chi connectivity index (χ4v) is 2.55. The summed E-state index contributed by atoms with van der Waals surface area (Å²) in [6.07, 6.45) is 0. The van der Waals surface area contributed by atoms with E-state index < -0.39 is 0 Å². The molecule has 2 heterocycles. The van der Waals surface area contributed by atoms with E-state index in [2.05, 4.69) is 30.6 Å². The molecule has 3 aromatic rings. The molecule has 24 heavy (non-hydrogen) atoms. The summed E-state index contributed by atoms with van der Waals surface area (Å²) >= 11 is 5.96. The van der Waals surface area contributed by atoms with Crippen LogP contribution in [0.4, 0.5) is 23.1 Å². The zero-order chi connectivity index (χ0) is 17.1. The molecule has 2 aromatic heterocycles. The third-order valence-electron chi connectivity index (χ3n) is 3.18. The number of hydrogen-bond donors (Lipinski definition) is 2. The van der Waals surface area contributed by atoms with Crippen molar-refractivity contribution >= 4 is 34.7 Å². The van der Waals surface area contributed by atoms with Gasteiger partial charge in [0.25, 0.3) is 0 Å². The average molecular weight is 341 g/mol. The number of anilines is 4. The quantitative estimate of drug-likeness (QED) is 0.688. The maximum absolute atomic E-state index is 5.96. The summed E-state index contributed by atoms with van der Waals surface area (Å²) in [6.45, 7) is 5.69. The molecule has 0 radical (unpaired) electrons. The van der Waals surface area contributed by atoms with E-state index in [0.29, 0.717) is 22.7 Å². The molecule has 0 fully saturated rings. The summed E-state index contributed by atoms with van der Waals surface area (Å²) in [6, 6.07) is 11.4. The molecule has 6 nitrogen and oxygen atoms in total. The van der Waals surface area contributed by atoms with Gasteiger partial charge < -0.3 is 10.6 Å². The van der Waals surface area contributed by atoms with Crippen LogP contribution in [0.5, 0.6) is 0 Å². The molecule has 0 saturated heterocycles. The Hall–Kier alpha value is -2.73. The zero-order valence-electron chi connectivity index (χ0n) is 13.6. The average Bonchev–Trinajstić information content (AvgIpc) is 2.45. The zero-order valence-corrected chi connectivity index (χ0v) is 14.4. The molecule has 0 spiro atoms. The van der Waals surface area contributed by atoms with Crippen molar-refractivity contribution < 1.29 is 0 Å². The highest BCUT2D eigenvalue weighted by Gasteiger charge is 2.04. The second kappa shape index (κ2) is 6.80. The molecule has 2 N–H and O–H groups in total. The smallest absolute Gasteiger partial charge is 0.227 e. The Morgan fingerprint density at radius 3 is 2.12 bits per heavy atom. The van der Waals surface area contributed by atoms with E-state index in [9.17, 15) is 0 Å². The number of rotatable bonds is 4. The second-order valence-electron chi connectivity index (χ2n) is 5.43. The molecule has 3 rings (SSSR count). The van der Waals surface area contributed by atoms with Gasteiger partial charge in [0.1, 0.15) is 16.8 Å². The lowest BCUT2D eigenvalue weighted by Crippen LogP contribution is -2.01. The van der Waals surface area contributed by atoms with Gasteiger partial charge in [-0.15, -0.1) is 0 Å². The SMILES string of the molecule is Cc1cc(C)nc(Nc2cccc(Nc3cc(Cl)nc(C)n3)c2)n1. The maximum atomic E-state index is 5.96. The number of aryl methyl sites for hydroxylation is 3. The summed E-state index contributed by atoms with van der Waals surface area (Å²) in [5.41, 5.74) is 3.59. The van der Waals surface area contributed by atoms with E-state index in [4.69, 9.17) is 11.6 Å². The van der Waals surface area contributed by atoms with Crippen LogP contribution >= 0.6 is 11.6 Å². The summed E-state index contributed by atoms with van der Waals surface area (Å²) in [5, 5.41) is 6.84. The van der Waals surface area contributed by atoms with Crippen LogP contribution in [0, 0.1) is 20.8 Å². The van der Waals surface area contributed by atoms with Crippen LogP contribution in [-0.4, -0.2) is 19.9 Å². The molecular formula is C17H17ClN6. The van der Waals surface area contributed by atoms with Crippen LogP contribution in [0.1, 0.15) is 17.2 Å². The third-order valence-corrected chi connectivity index (χ3v) is 3.37. The van der Waals surface area contributed by atoms with Crippen molar-refractivity contribution in [3.8, 4) is 0 Å². The Labute approximate surface area is 145 Å². The minimum atomic E-state index is 0.405. The molecular weight excluding hydrogens is 324 g/mol. The van der Waals surface area contributed by atoms with Gasteiger partial charge in [-0.2, -0.15) is 0 Å². The van der Waals surface area contributed by atoms with Gasteiger partial charge in [0.05, 0.1) is 0 Å². The van der Waals surface area contributed by atoms with Gasteiger partial charge in [-0.25, -0.2) is 19.9 Å². The lowest BCUT2D eigenvalue weighted by atomic mass is 10.2. The van der Waals surface area contributed by atoms with Crippen LogP contribution in [0.2, 0.25) is 5.15 Å². The first-order valence-corrected chi connectivity index (χ1v) is 7.83. The molecule has 0 amide bonds. The Kier molecular flexibility index (Phi) is 4.57. The first-order valence-electron chi connectivity index (χ1n) is 7.45. The van der Waals surface area contributed by atoms with Gasteiger partial charge in [-0.1, -0.05) is 17.7 Å². The molecule has 0 aliphatic carbocycles. The molecule has 0 bridgehead atoms. The largest absolute Gasteiger partial charge is 0.340 e. The Morgan fingerprint density at radius 2 is 1.46 bits per heavy atom. The number of aromatic nitrogens is 4. The van der Waals surface area contributed by atoms with E-state index in [1.54, 1.807) is 13.0 Å². The van der Waals surface area contributed by atoms with Crippen molar-refractivity contribution in [1.82, 2.24) is 19.9 Å². The first-order chi connectivity index (χ1) is 11.5. The predicted octanol–water partition coefficient (Wildman–Crippen LogP) is 4.33. The minimum Gasteiger partial charge on any atom is -0.340 e. The molecule has 0 aliphatic heterocycles. The van der Waals surface area contributed by atoms with E-state index in [1.807, 2.05) is 44.2 Å². The second-order valence-corrected chi connectivity index (χ2v) is 5.82. The van der Waals surface area contributed by atoms with Crippen molar-refractivity contribution in [3.05, 3.63) is 58.8 Å². The van der Waals surface area contributed by atoms with Gasteiger partial charge in [0, 0.05) is 28.8 Å². The van der Waals surface area contributed by atoms with Crippen LogP contribution < -0.4 is 10.6 Å². The van der Waals surface area contributed by atoms with Gasteiger partial charge >= 0.3 is 0 Å². The summed E-state index contributed by atoms with van der Waals surface area (Å²) in [4.78, 5) is 17.1. The highest BCUT2D eigenvalue weighted by atomic mass is 35.5. The third kappa shape index (κ3) is 4.17. The molecule has 0 unspecified atom stereocenters. The monoisotopic (exact) mass is 340 g/mol. The van der Waals surface area contributed by atoms with Crippen molar-refractivity contribution in [2.45, 2.75) is 20.8 Å². The normalized spacial score (nSPS) is 10.5. The molecule has 0 saturated carbocycles. The predicted molar refractivity (Wildman–Crippen MR) is 96.3 cm³/mol. The van der Waals surface area contributed by atoms with Gasteiger partial charge in [0.2, 0.25) is 5.95 Å². The number of benzene rings is 1. The van der Waals surface area contributed by atoms with Crippen LogP contribution in [0.15, 0.2) is 36.4 Å². The van der Waals surface area contributed by atoms with Crippen molar-refractivity contribution in [2.24, 2.45) is 0 Å². The van der Waals surface area contributed by atoms with Gasteiger partial charge in [0.15, 0.2) is 0 Å². The number of halogens is 1. The first kappa shape index (κ1) is 16.1. The standard InChI is InChI=1S/C17H17ClN6/c1-10-7-11(2)20-17(19-10)24-14-6-4-5-13(8-14)23-16-9-15(18)21-12(3)22-16/h4-9H,1-3H3,(H,19,20,24)(H,21,22,23). The molecule has 0 atom stereocenters. The Morgan fingerprint density at radius 1 is 0.792 bits per heavy atom. The fraction of sp³-hybridized carbons (Fsp3) is 0.176. The van der Waals surface area contributed by atoms with Crippen LogP contribution in [0.25, 0.3) is 0 Å². The molecule has 122 valence electrons. The lowest BCUT2D eigenvalue weighted by molar-refractivity contribution is 1.06. The summed E-state index contributed by atoms with van der Waals surface area (Å²) in [7, 11) is 0. The van der Waals surface area contributed by atoms with Crippen LogP contribution in [0.3, 0.4) is 0 Å². The summed E-state index contributed by atoms with van der Waals surface area (Å²) in [5.74, 6) is 1.83. The van der Waals surface area contributed by atoms with Crippen molar-refractivity contribution in [2.75, 3.05) is 10.6 Å². The van der Waals surface area contributed by atoms with Gasteiger partial charge in [-0.05, 0) is 45.0 Å². The highest BCUT2D eigenvalue weighted by molar-refractivity contribution is 6.29. The number of hydrogen-bond acceptors (Lipinski definition) is 6. The Balaban J connectivity index is 1.81. The van der Waals surface area contributed by atoms with E-state index in [1.165, 1.54) is 0 Å². The minimum absolute atomic E-state index is 0.405. The molecule has 1 aromatic carbocycles. The number of nitrogens with zero attached hydrogens (tertiary/aromatic N) is 4. The van der Waals surface area contributed by atoms with E-state index in [-0.39, 0.29) is 0 Å². The summed E-state index contributed by atoms with van der Waals surface area (Å²) < 4.78 is 0. The molecule has 7 heteroatoms. The van der Waals surface area contributed by atoms with E-state index >= 15 is 0 Å². The van der Waals surface area contributed by atoms with Crippen molar-refractivity contribution in [3.63, 3.8) is 0 Å². The fourth-order valence-electron chi connectivity index (χ4n) is 2.33. The van der Waals surface area contributed by atoms with E-state index in [0.717, 1.165) is 22.8 Å². The molecule has 0 aliphatic rings. The van der Waals surface area contributed by atoms with Crippen molar-refractivity contribution in [1.29, 1.82) is 0 Å². The van der Waals surface area contributed by atoms with Crippen LogP contribution in [-0.2, 0) is 0 Å². The maximum Gasteiger partial charge on any atom is 0.227 e. The highest BCUT2D eigenvalue weighted by Crippen LogP contribution is 2.22. The Bertz CT molecular complexity index is 771.